The molecule has 0 atom stereocenters. The van der Waals surface area contributed by atoms with E-state index in [-0.39, 0.29) is 28.3 Å². The van der Waals surface area contributed by atoms with E-state index in [1.165, 1.54) is 0 Å². The van der Waals surface area contributed by atoms with E-state index in [2.05, 4.69) is 0 Å². The van der Waals surface area contributed by atoms with Gasteiger partial charge in [-0.3, -0.25) is 18.5 Å². The first-order valence-electron chi connectivity index (χ1n) is 0.698. The second-order valence-corrected chi connectivity index (χ2v) is 1.34. The van der Waals surface area contributed by atoms with Crippen LogP contribution >= 0.6 is 0 Å². The zero-order chi connectivity index (χ0) is 4.50. The van der Waals surface area contributed by atoms with Crippen LogP contribution in [0.3, 0.4) is 0 Å². The van der Waals surface area contributed by atoms with E-state index in [9.17, 15) is 0 Å². The molecule has 0 radical (unpaired) electrons. The summed E-state index contributed by atoms with van der Waals surface area (Å²) in [5.74, 6) is 0. The Morgan fingerprint density at radius 1 is 1.00 bits per heavy atom. The van der Waals surface area contributed by atoms with Gasteiger partial charge in [-0.2, -0.15) is 8.42 Å². The first kappa shape index (κ1) is 23.9. The van der Waals surface area contributed by atoms with Gasteiger partial charge in [0.25, 0.3) is 0 Å². The van der Waals surface area contributed by atoms with E-state index < -0.39 is 10.4 Å². The van der Waals surface area contributed by atoms with Crippen LogP contribution < -0.4 is 0 Å². The molecule has 0 aliphatic rings. The van der Waals surface area contributed by atoms with Gasteiger partial charge in [0.2, 0.25) is 0 Å². The van der Waals surface area contributed by atoms with Crippen LogP contribution in [0.1, 0.15) is 0 Å². The average Bonchev–Trinajstić information content (AvgIpc) is 0.722. The van der Waals surface area contributed by atoms with Gasteiger partial charge in [-0.05, 0) is 0 Å². The fourth-order valence-electron chi connectivity index (χ4n) is 0. The average molecular weight is 146 g/mol. The van der Waals surface area contributed by atoms with Gasteiger partial charge < -0.3 is 0 Å². The van der Waals surface area contributed by atoms with Crippen LogP contribution in [0.5, 0.6) is 0 Å². The van der Waals surface area contributed by atoms with Gasteiger partial charge in [0.15, 0.2) is 0 Å². The normalized spacial score (nSPS) is 7.25. The second kappa shape index (κ2) is 7.33. The molecule has 0 aliphatic carbocycles. The quantitative estimate of drug-likeness (QED) is 0.339. The van der Waals surface area contributed by atoms with Crippen molar-refractivity contribution in [3.8, 4) is 0 Å². The van der Waals surface area contributed by atoms with Crippen LogP contribution in [-0.4, -0.2) is 36.4 Å². The minimum atomic E-state index is -4.67. The van der Waals surface area contributed by atoms with E-state index >= 15 is 0 Å². The molecule has 0 aromatic heterocycles. The van der Waals surface area contributed by atoms with E-state index in [1.807, 2.05) is 0 Å². The van der Waals surface area contributed by atoms with Gasteiger partial charge in [0.1, 0.15) is 0 Å². The summed E-state index contributed by atoms with van der Waals surface area (Å²) >= 11 is 0. The summed E-state index contributed by atoms with van der Waals surface area (Å²) in [7, 11) is -4.67. The molecule has 0 aliphatic heterocycles. The van der Waals surface area contributed by atoms with Gasteiger partial charge in [-0.1, -0.05) is 0 Å². The van der Waals surface area contributed by atoms with Crippen LogP contribution in [0.25, 0.3) is 0 Å². The molecule has 0 saturated heterocycles. The molecule has 0 heterocycles. The maximum atomic E-state index is 8.74. The SMILES string of the molecule is F.F.O=S(=O)(O)O.[LiH]. The molecule has 0 bridgehead atoms. The summed E-state index contributed by atoms with van der Waals surface area (Å²) in [4.78, 5) is 0. The first-order valence-corrected chi connectivity index (χ1v) is 2.10. The summed E-state index contributed by atoms with van der Waals surface area (Å²) in [6.45, 7) is 0. The van der Waals surface area contributed by atoms with Crippen molar-refractivity contribution in [1.82, 2.24) is 0 Å². The van der Waals surface area contributed by atoms with E-state index in [1.54, 1.807) is 0 Å². The molecule has 0 fully saturated rings. The van der Waals surface area contributed by atoms with Crippen molar-refractivity contribution in [2.24, 2.45) is 0 Å². The Bertz CT molecular complexity index is 97.2. The zero-order valence-electron chi connectivity index (χ0n) is 2.94. The Hall–Kier alpha value is 0.327. The van der Waals surface area contributed by atoms with Crippen LogP contribution in [0.15, 0.2) is 0 Å². The zero-order valence-corrected chi connectivity index (χ0v) is 3.75. The van der Waals surface area contributed by atoms with Crippen molar-refractivity contribution in [3.05, 3.63) is 0 Å². The Kier molecular flexibility index (Phi) is 21.9. The standard InChI is InChI=1S/2FH.Li.H2O4S.H/c;;;1-5(2,3)4;/h2*1H;;(H2,1,2,3,4);. The molecule has 0 spiro atoms. The maximum absolute atomic E-state index is 8.74. The Balaban J connectivity index is -0.0000000267. The fourth-order valence-corrected chi connectivity index (χ4v) is 0. The van der Waals surface area contributed by atoms with Crippen LogP contribution in [0.4, 0.5) is 9.41 Å². The van der Waals surface area contributed by atoms with E-state index in [4.69, 9.17) is 17.5 Å². The summed E-state index contributed by atoms with van der Waals surface area (Å²) in [6.07, 6.45) is 0. The summed E-state index contributed by atoms with van der Waals surface area (Å²) in [6, 6.07) is 0. The van der Waals surface area contributed by atoms with Crippen molar-refractivity contribution in [3.63, 3.8) is 0 Å². The third-order valence-electron chi connectivity index (χ3n) is 0. The molecule has 0 unspecified atom stereocenters. The predicted octanol–water partition coefficient (Wildman–Crippen LogP) is -0.996. The number of rotatable bonds is 0. The van der Waals surface area contributed by atoms with Gasteiger partial charge >= 0.3 is 29.3 Å². The summed E-state index contributed by atoms with van der Waals surface area (Å²) in [5.41, 5.74) is 0. The van der Waals surface area contributed by atoms with Gasteiger partial charge in [0.05, 0.1) is 0 Å². The van der Waals surface area contributed by atoms with E-state index in [0.717, 1.165) is 0 Å². The molecule has 0 aromatic carbocycles. The van der Waals surface area contributed by atoms with Crippen molar-refractivity contribution in [2.75, 3.05) is 0 Å². The summed E-state index contributed by atoms with van der Waals surface area (Å²) in [5, 5.41) is 0. The number of halogens is 2. The molecule has 0 saturated carbocycles. The molecule has 8 heteroatoms. The Morgan fingerprint density at radius 3 is 1.00 bits per heavy atom. The number of hydrogen-bond donors (Lipinski definition) is 2. The Morgan fingerprint density at radius 2 is 1.00 bits per heavy atom. The van der Waals surface area contributed by atoms with Crippen LogP contribution in [-0.2, 0) is 10.4 Å². The van der Waals surface area contributed by atoms with E-state index in [0.29, 0.717) is 0 Å². The molecular formula is H5F2LiO4S. The molecule has 50 valence electrons. The van der Waals surface area contributed by atoms with Crippen LogP contribution in [0, 0.1) is 0 Å². The number of hydrogen-bond acceptors (Lipinski definition) is 2. The molecule has 8 heavy (non-hydrogen) atoms. The first-order chi connectivity index (χ1) is 2.00. The predicted molar refractivity (Wildman–Crippen MR) is 26.3 cm³/mol. The fraction of sp³-hybridized carbons (Fsp3) is 0. The molecule has 4 nitrogen and oxygen atoms in total. The molecule has 2 N–H and O–H groups in total. The molecule has 0 aromatic rings. The minimum absolute atomic E-state index is 0. The third kappa shape index (κ3) is 1680. The second-order valence-electron chi connectivity index (χ2n) is 0.448. The van der Waals surface area contributed by atoms with Crippen molar-refractivity contribution in [2.45, 2.75) is 0 Å². The van der Waals surface area contributed by atoms with Gasteiger partial charge in [0, 0.05) is 0 Å². The van der Waals surface area contributed by atoms with Crippen LogP contribution in [0.2, 0.25) is 0 Å². The molecule has 0 amide bonds. The summed E-state index contributed by atoms with van der Waals surface area (Å²) < 4.78 is 31.6. The molecule has 0 rings (SSSR count). The monoisotopic (exact) mass is 146 g/mol. The topological polar surface area (TPSA) is 74.6 Å². The van der Waals surface area contributed by atoms with Crippen molar-refractivity contribution < 1.29 is 26.9 Å². The third-order valence-corrected chi connectivity index (χ3v) is 0. The van der Waals surface area contributed by atoms with Crippen molar-refractivity contribution in [1.29, 1.82) is 0 Å². The van der Waals surface area contributed by atoms with Gasteiger partial charge in [-0.25, -0.2) is 0 Å². The van der Waals surface area contributed by atoms with Gasteiger partial charge in [-0.15, -0.1) is 0 Å². The van der Waals surface area contributed by atoms with Crippen molar-refractivity contribution >= 4 is 29.3 Å². The Labute approximate surface area is 56.8 Å². The molecular weight excluding hydrogens is 141 g/mol.